The van der Waals surface area contributed by atoms with E-state index in [1.54, 1.807) is 27.8 Å². The van der Waals surface area contributed by atoms with E-state index >= 15 is 0 Å². The third kappa shape index (κ3) is 16.2. The molecule has 3 aromatic carbocycles. The molecular formula is C43H59NO7. The van der Waals surface area contributed by atoms with Crippen LogP contribution >= 0.6 is 0 Å². The maximum absolute atomic E-state index is 14.1. The number of ether oxygens (including phenoxy) is 5. The van der Waals surface area contributed by atoms with Crippen molar-refractivity contribution in [3.63, 3.8) is 0 Å². The Morgan fingerprint density at radius 1 is 0.804 bits per heavy atom. The van der Waals surface area contributed by atoms with Crippen molar-refractivity contribution in [3.05, 3.63) is 114 Å². The smallest absolute Gasteiger partial charge is 0.410 e. The van der Waals surface area contributed by atoms with E-state index in [4.69, 9.17) is 23.7 Å². The first-order chi connectivity index (χ1) is 24.5. The lowest BCUT2D eigenvalue weighted by Crippen LogP contribution is -2.47. The quantitative estimate of drug-likeness (QED) is 0.0587. The zero-order chi connectivity index (χ0) is 37.1. The average molecular weight is 702 g/mol. The average Bonchev–Trinajstić information content (AvgIpc) is 3.12. The monoisotopic (exact) mass is 701 g/mol. The minimum Gasteiger partial charge on any atom is -0.491 e. The highest BCUT2D eigenvalue weighted by Gasteiger charge is 2.34. The second-order valence-electron chi connectivity index (χ2n) is 14.1. The third-order valence-corrected chi connectivity index (χ3v) is 8.48. The summed E-state index contributed by atoms with van der Waals surface area (Å²) >= 11 is 0. The Balaban J connectivity index is 1.71. The SMILES string of the molecule is C=C[C@@H](C)CC[C@@H](C[C@H](CCC)OCc1ccccc1)OC(=O)[C@H](Cc1ccc(OCCOCc2ccccc2)cc1)N(C)C(=O)OC(C)(C)C. The number of rotatable bonds is 22. The van der Waals surface area contributed by atoms with Crippen molar-refractivity contribution >= 4 is 12.1 Å². The van der Waals surface area contributed by atoms with E-state index in [1.807, 2.05) is 91.0 Å². The van der Waals surface area contributed by atoms with Gasteiger partial charge in [0.25, 0.3) is 0 Å². The number of hydrogen-bond acceptors (Lipinski definition) is 7. The predicted molar refractivity (Wildman–Crippen MR) is 203 cm³/mol. The van der Waals surface area contributed by atoms with Gasteiger partial charge in [0.15, 0.2) is 0 Å². The summed E-state index contributed by atoms with van der Waals surface area (Å²) in [5.41, 5.74) is 2.34. The summed E-state index contributed by atoms with van der Waals surface area (Å²) in [6.45, 7) is 15.4. The highest BCUT2D eigenvalue weighted by atomic mass is 16.6. The molecule has 3 aromatic rings. The summed E-state index contributed by atoms with van der Waals surface area (Å²) in [5, 5.41) is 0. The summed E-state index contributed by atoms with van der Waals surface area (Å²) in [7, 11) is 1.59. The maximum Gasteiger partial charge on any atom is 0.410 e. The Hall–Kier alpha value is -4.14. The Morgan fingerprint density at radius 2 is 1.43 bits per heavy atom. The molecule has 0 saturated carbocycles. The van der Waals surface area contributed by atoms with Crippen LogP contribution in [0.1, 0.15) is 83.4 Å². The van der Waals surface area contributed by atoms with E-state index < -0.39 is 29.8 Å². The predicted octanol–water partition coefficient (Wildman–Crippen LogP) is 9.35. The van der Waals surface area contributed by atoms with Gasteiger partial charge in [-0.25, -0.2) is 9.59 Å². The van der Waals surface area contributed by atoms with Crippen molar-refractivity contribution in [2.75, 3.05) is 20.3 Å². The number of nitrogens with zero attached hydrogens (tertiary/aromatic N) is 1. The normalized spacial score (nSPS) is 13.8. The van der Waals surface area contributed by atoms with Gasteiger partial charge < -0.3 is 23.7 Å². The van der Waals surface area contributed by atoms with Gasteiger partial charge in [0.05, 0.1) is 25.9 Å². The minimum atomic E-state index is -0.910. The standard InChI is InChI=1S/C43H59NO7/c1-8-16-38(49-32-36-19-14-11-15-20-36)30-39(24-21-33(3)9-2)50-41(45)40(44(7)42(46)51-43(4,5)6)29-34-22-25-37(26-23-34)48-28-27-47-31-35-17-12-10-13-18-35/h9-15,17-20,22-23,25-26,33,38-40H,2,8,16,21,24,27-32H2,1,3-7H3/t33-,38+,39+,40+/m1/s1. The van der Waals surface area contributed by atoms with Crippen LogP contribution in [-0.4, -0.2) is 61.1 Å². The van der Waals surface area contributed by atoms with Crippen LogP contribution in [0.3, 0.4) is 0 Å². The molecule has 8 heteroatoms. The first-order valence-corrected chi connectivity index (χ1v) is 18.2. The summed E-state index contributed by atoms with van der Waals surface area (Å²) in [6, 6.07) is 26.7. The Morgan fingerprint density at radius 3 is 2.02 bits per heavy atom. The molecule has 0 aliphatic rings. The first-order valence-electron chi connectivity index (χ1n) is 18.2. The van der Waals surface area contributed by atoms with Crippen molar-refractivity contribution in [3.8, 4) is 5.75 Å². The fourth-order valence-electron chi connectivity index (χ4n) is 5.47. The molecule has 0 heterocycles. The zero-order valence-electron chi connectivity index (χ0n) is 31.6. The van der Waals surface area contributed by atoms with Gasteiger partial charge in [-0.15, -0.1) is 6.58 Å². The highest BCUT2D eigenvalue weighted by molar-refractivity contribution is 5.82. The molecule has 0 saturated heterocycles. The number of carbonyl (C=O) groups excluding carboxylic acids is 2. The van der Waals surface area contributed by atoms with E-state index in [9.17, 15) is 9.59 Å². The summed E-state index contributed by atoms with van der Waals surface area (Å²) in [4.78, 5) is 28.7. The molecule has 0 spiro atoms. The second-order valence-corrected chi connectivity index (χ2v) is 14.1. The molecule has 0 aliphatic heterocycles. The van der Waals surface area contributed by atoms with Gasteiger partial charge in [0.1, 0.15) is 30.1 Å². The van der Waals surface area contributed by atoms with Crippen LogP contribution in [0.2, 0.25) is 0 Å². The molecule has 51 heavy (non-hydrogen) atoms. The number of allylic oxidation sites excluding steroid dienone is 1. The number of hydrogen-bond donors (Lipinski definition) is 0. The lowest BCUT2D eigenvalue weighted by atomic mass is 9.98. The largest absolute Gasteiger partial charge is 0.491 e. The zero-order valence-corrected chi connectivity index (χ0v) is 31.6. The lowest BCUT2D eigenvalue weighted by Gasteiger charge is -2.31. The van der Waals surface area contributed by atoms with Gasteiger partial charge in [-0.2, -0.15) is 0 Å². The lowest BCUT2D eigenvalue weighted by molar-refractivity contribution is -0.157. The summed E-state index contributed by atoms with van der Waals surface area (Å²) in [5.74, 6) is 0.474. The van der Waals surface area contributed by atoms with Crippen molar-refractivity contribution < 1.29 is 33.3 Å². The van der Waals surface area contributed by atoms with Crippen LogP contribution in [0, 0.1) is 5.92 Å². The Kier molecular flexibility index (Phi) is 17.8. The van der Waals surface area contributed by atoms with Gasteiger partial charge in [0, 0.05) is 19.9 Å². The van der Waals surface area contributed by atoms with E-state index in [0.717, 1.165) is 36.0 Å². The maximum atomic E-state index is 14.1. The number of carbonyl (C=O) groups is 2. The van der Waals surface area contributed by atoms with Crippen LogP contribution in [0.4, 0.5) is 4.79 Å². The van der Waals surface area contributed by atoms with Crippen molar-refractivity contribution in [1.82, 2.24) is 4.90 Å². The van der Waals surface area contributed by atoms with Crippen molar-refractivity contribution in [1.29, 1.82) is 0 Å². The van der Waals surface area contributed by atoms with Gasteiger partial charge in [-0.05, 0) is 74.8 Å². The number of benzene rings is 3. The Labute approximate surface area is 306 Å². The topological polar surface area (TPSA) is 83.5 Å². The first kappa shape index (κ1) is 41.3. The third-order valence-electron chi connectivity index (χ3n) is 8.48. The van der Waals surface area contributed by atoms with Crippen molar-refractivity contribution in [2.45, 2.75) is 110 Å². The molecule has 0 fully saturated rings. The van der Waals surface area contributed by atoms with E-state index in [-0.39, 0.29) is 18.4 Å². The highest BCUT2D eigenvalue weighted by Crippen LogP contribution is 2.23. The van der Waals surface area contributed by atoms with Crippen molar-refractivity contribution in [2.24, 2.45) is 5.92 Å². The van der Waals surface area contributed by atoms with Crippen LogP contribution in [0.5, 0.6) is 5.75 Å². The fourth-order valence-corrected chi connectivity index (χ4v) is 5.47. The molecule has 4 atom stereocenters. The van der Waals surface area contributed by atoms with E-state index in [0.29, 0.717) is 45.0 Å². The van der Waals surface area contributed by atoms with E-state index in [2.05, 4.69) is 20.4 Å². The summed E-state index contributed by atoms with van der Waals surface area (Å²) < 4.78 is 29.9. The molecule has 0 bridgehead atoms. The second kappa shape index (κ2) is 21.9. The molecule has 8 nitrogen and oxygen atoms in total. The van der Waals surface area contributed by atoms with Gasteiger partial charge in [-0.1, -0.05) is 99.1 Å². The molecule has 0 N–H and O–H groups in total. The molecular weight excluding hydrogens is 642 g/mol. The number of amides is 1. The Bertz CT molecular complexity index is 1420. The van der Waals surface area contributed by atoms with Crippen LogP contribution < -0.4 is 4.74 Å². The number of likely N-dealkylation sites (N-methyl/N-ethyl adjacent to an activating group) is 1. The molecule has 3 rings (SSSR count). The minimum absolute atomic E-state index is 0.0923. The van der Waals surface area contributed by atoms with Crippen LogP contribution in [0.25, 0.3) is 0 Å². The van der Waals surface area contributed by atoms with E-state index in [1.165, 1.54) is 4.90 Å². The fraction of sp³-hybridized carbons (Fsp3) is 0.488. The molecule has 1 amide bonds. The van der Waals surface area contributed by atoms with Crippen LogP contribution in [-0.2, 0) is 43.4 Å². The molecule has 278 valence electrons. The van der Waals surface area contributed by atoms with Crippen LogP contribution in [0.15, 0.2) is 97.6 Å². The number of esters is 1. The van der Waals surface area contributed by atoms with Gasteiger partial charge in [-0.3, -0.25) is 4.90 Å². The summed E-state index contributed by atoms with van der Waals surface area (Å²) in [6.07, 6.45) is 4.87. The van der Waals surface area contributed by atoms with Gasteiger partial charge >= 0.3 is 12.1 Å². The molecule has 0 radical (unpaired) electrons. The molecule has 0 aliphatic carbocycles. The molecule has 0 unspecified atom stereocenters. The molecule has 0 aromatic heterocycles. The van der Waals surface area contributed by atoms with Gasteiger partial charge in [0.2, 0.25) is 0 Å².